The van der Waals surface area contributed by atoms with Crippen LogP contribution in [-0.2, 0) is 9.47 Å². The molecule has 0 aliphatic heterocycles. The van der Waals surface area contributed by atoms with Crippen molar-refractivity contribution < 1.29 is 24.2 Å². The van der Waals surface area contributed by atoms with E-state index >= 15 is 0 Å². The van der Waals surface area contributed by atoms with Crippen LogP contribution < -0.4 is 5.56 Å². The van der Waals surface area contributed by atoms with Crippen molar-refractivity contribution in [3.05, 3.63) is 49.8 Å². The standard InChI is InChI=1S/C16H14BrNO6/c1-7-11(13(19)12(17)14(20)18-7)8-4-9(15(21)23-2)6-10(5-8)16(22)24-3/h4-6H,1-3H3,(H2,18,19,20). The van der Waals surface area contributed by atoms with Gasteiger partial charge in [0.1, 0.15) is 10.2 Å². The molecule has 2 rings (SSSR count). The van der Waals surface area contributed by atoms with E-state index in [9.17, 15) is 19.5 Å². The number of aromatic amines is 1. The molecule has 0 bridgehead atoms. The Balaban J connectivity index is 2.80. The van der Waals surface area contributed by atoms with Gasteiger partial charge in [-0.3, -0.25) is 4.79 Å². The van der Waals surface area contributed by atoms with Crippen molar-refractivity contribution in [3.8, 4) is 16.9 Å². The largest absolute Gasteiger partial charge is 0.506 e. The normalized spacial score (nSPS) is 10.3. The molecule has 1 aromatic carbocycles. The second-order valence-corrected chi connectivity index (χ2v) is 5.69. The maximum Gasteiger partial charge on any atom is 0.337 e. The molecule has 0 unspecified atom stereocenters. The van der Waals surface area contributed by atoms with Crippen LogP contribution in [0, 0.1) is 6.92 Å². The number of aryl methyl sites for hydroxylation is 1. The molecule has 0 atom stereocenters. The van der Waals surface area contributed by atoms with Crippen LogP contribution in [-0.4, -0.2) is 36.2 Å². The van der Waals surface area contributed by atoms with Crippen LogP contribution in [0.3, 0.4) is 0 Å². The molecule has 8 heteroatoms. The summed E-state index contributed by atoms with van der Waals surface area (Å²) in [5.74, 6) is -1.60. The van der Waals surface area contributed by atoms with E-state index < -0.39 is 17.5 Å². The lowest BCUT2D eigenvalue weighted by Crippen LogP contribution is -2.11. The summed E-state index contributed by atoms with van der Waals surface area (Å²) in [6, 6.07) is 4.23. The number of H-pyrrole nitrogens is 1. The third-order valence-electron chi connectivity index (χ3n) is 3.38. The molecular weight excluding hydrogens is 382 g/mol. The first-order valence-corrected chi connectivity index (χ1v) is 7.52. The van der Waals surface area contributed by atoms with Crippen LogP contribution in [0.2, 0.25) is 0 Å². The number of rotatable bonds is 3. The van der Waals surface area contributed by atoms with E-state index in [0.717, 1.165) is 0 Å². The molecule has 1 aromatic heterocycles. The van der Waals surface area contributed by atoms with Crippen molar-refractivity contribution in [1.82, 2.24) is 4.98 Å². The lowest BCUT2D eigenvalue weighted by molar-refractivity contribution is 0.0599. The van der Waals surface area contributed by atoms with Crippen molar-refractivity contribution in [3.63, 3.8) is 0 Å². The zero-order valence-electron chi connectivity index (χ0n) is 13.1. The minimum absolute atomic E-state index is 0.0498. The van der Waals surface area contributed by atoms with Gasteiger partial charge in [0.25, 0.3) is 5.56 Å². The fourth-order valence-electron chi connectivity index (χ4n) is 2.28. The van der Waals surface area contributed by atoms with Gasteiger partial charge in [-0.2, -0.15) is 0 Å². The molecule has 7 nitrogen and oxygen atoms in total. The number of pyridine rings is 1. The summed E-state index contributed by atoms with van der Waals surface area (Å²) >= 11 is 3.01. The van der Waals surface area contributed by atoms with Gasteiger partial charge in [0.05, 0.1) is 25.3 Å². The maximum atomic E-state index is 11.8. The number of ether oxygens (including phenoxy) is 2. The van der Waals surface area contributed by atoms with Gasteiger partial charge in [0.15, 0.2) is 0 Å². The summed E-state index contributed by atoms with van der Waals surface area (Å²) in [5.41, 5.74) is 0.722. The van der Waals surface area contributed by atoms with Gasteiger partial charge in [-0.1, -0.05) is 0 Å². The van der Waals surface area contributed by atoms with Crippen LogP contribution >= 0.6 is 15.9 Å². The Morgan fingerprint density at radius 2 is 1.58 bits per heavy atom. The van der Waals surface area contributed by atoms with Gasteiger partial charge < -0.3 is 19.6 Å². The first-order valence-electron chi connectivity index (χ1n) is 6.73. The number of aromatic hydroxyl groups is 1. The van der Waals surface area contributed by atoms with Crippen molar-refractivity contribution >= 4 is 27.9 Å². The summed E-state index contributed by atoms with van der Waals surface area (Å²) in [4.78, 5) is 37.9. The highest BCUT2D eigenvalue weighted by molar-refractivity contribution is 9.10. The predicted octanol–water partition coefficient (Wildman–Crippen LogP) is 2.39. The van der Waals surface area contributed by atoms with E-state index in [1.165, 1.54) is 32.4 Å². The average molecular weight is 396 g/mol. The molecule has 0 saturated heterocycles. The smallest absolute Gasteiger partial charge is 0.337 e. The van der Waals surface area contributed by atoms with Gasteiger partial charge >= 0.3 is 11.9 Å². The number of esters is 2. The highest BCUT2D eigenvalue weighted by atomic mass is 79.9. The molecule has 2 aromatic rings. The summed E-state index contributed by atoms with van der Waals surface area (Å²) in [7, 11) is 2.43. The van der Waals surface area contributed by atoms with Crippen LogP contribution in [0.4, 0.5) is 0 Å². The van der Waals surface area contributed by atoms with Gasteiger partial charge in [-0.05, 0) is 46.6 Å². The molecule has 0 radical (unpaired) electrons. The van der Waals surface area contributed by atoms with Crippen LogP contribution in [0.15, 0.2) is 27.5 Å². The number of carbonyl (C=O) groups is 2. The van der Waals surface area contributed by atoms with Gasteiger partial charge in [0.2, 0.25) is 0 Å². The second kappa shape index (κ2) is 6.88. The number of methoxy groups -OCH3 is 2. The Morgan fingerprint density at radius 1 is 1.08 bits per heavy atom. The minimum atomic E-state index is -0.650. The summed E-state index contributed by atoms with van der Waals surface area (Å²) in [6.07, 6.45) is 0. The molecule has 0 fully saturated rings. The third kappa shape index (κ3) is 3.18. The fraction of sp³-hybridized carbons (Fsp3) is 0.188. The van der Waals surface area contributed by atoms with E-state index in [2.05, 4.69) is 30.4 Å². The first kappa shape index (κ1) is 17.7. The quantitative estimate of drug-likeness (QED) is 0.772. The summed E-state index contributed by atoms with van der Waals surface area (Å²) in [5, 5.41) is 10.3. The zero-order valence-corrected chi connectivity index (χ0v) is 14.7. The maximum absolute atomic E-state index is 11.8. The van der Waals surface area contributed by atoms with Crippen LogP contribution in [0.5, 0.6) is 5.75 Å². The van der Waals surface area contributed by atoms with Crippen molar-refractivity contribution in [2.45, 2.75) is 6.92 Å². The lowest BCUT2D eigenvalue weighted by Gasteiger charge is -2.12. The highest BCUT2D eigenvalue weighted by Gasteiger charge is 2.19. The summed E-state index contributed by atoms with van der Waals surface area (Å²) < 4.78 is 9.31. The number of aromatic nitrogens is 1. The van der Waals surface area contributed by atoms with Gasteiger partial charge in [-0.25, -0.2) is 9.59 Å². The van der Waals surface area contributed by atoms with Crippen LogP contribution in [0.25, 0.3) is 11.1 Å². The molecule has 126 valence electrons. The summed E-state index contributed by atoms with van der Waals surface area (Å²) in [6.45, 7) is 1.59. The van der Waals surface area contributed by atoms with E-state index in [1.54, 1.807) is 6.92 Å². The first-order chi connectivity index (χ1) is 11.3. The van der Waals surface area contributed by atoms with Gasteiger partial charge in [-0.15, -0.1) is 0 Å². The minimum Gasteiger partial charge on any atom is -0.506 e. The Kier molecular flexibility index (Phi) is 5.08. The zero-order chi connectivity index (χ0) is 18.0. The molecule has 0 aliphatic rings. The molecule has 0 saturated carbocycles. The fourth-order valence-corrected chi connectivity index (χ4v) is 2.58. The van der Waals surface area contributed by atoms with Crippen LogP contribution in [0.1, 0.15) is 26.4 Å². The van der Waals surface area contributed by atoms with E-state index in [-0.39, 0.29) is 26.9 Å². The van der Waals surface area contributed by atoms with Crippen molar-refractivity contribution in [2.75, 3.05) is 14.2 Å². The predicted molar refractivity (Wildman–Crippen MR) is 89.3 cm³/mol. The Bertz CT molecular complexity index is 853. The second-order valence-electron chi connectivity index (χ2n) is 4.90. The number of hydrogen-bond donors (Lipinski definition) is 2. The molecule has 0 spiro atoms. The number of nitrogens with one attached hydrogen (secondary N) is 1. The monoisotopic (exact) mass is 395 g/mol. The topological polar surface area (TPSA) is 106 Å². The SMILES string of the molecule is COC(=O)c1cc(C(=O)OC)cc(-c2c(C)[nH]c(=O)c(Br)c2O)c1. The average Bonchev–Trinajstić information content (AvgIpc) is 2.58. The van der Waals surface area contributed by atoms with E-state index in [4.69, 9.17) is 0 Å². The van der Waals surface area contributed by atoms with Crippen molar-refractivity contribution in [1.29, 1.82) is 0 Å². The number of halogens is 1. The molecular formula is C16H14BrNO6. The highest BCUT2D eigenvalue weighted by Crippen LogP contribution is 2.36. The number of hydrogen-bond acceptors (Lipinski definition) is 6. The Morgan fingerprint density at radius 3 is 2.04 bits per heavy atom. The van der Waals surface area contributed by atoms with Crippen molar-refractivity contribution in [2.24, 2.45) is 0 Å². The molecule has 0 amide bonds. The Hall–Kier alpha value is -2.61. The molecule has 1 heterocycles. The molecule has 2 N–H and O–H groups in total. The third-order valence-corrected chi connectivity index (χ3v) is 4.12. The van der Waals surface area contributed by atoms with E-state index in [1.807, 2.05) is 0 Å². The molecule has 24 heavy (non-hydrogen) atoms. The lowest BCUT2D eigenvalue weighted by atomic mass is 9.98. The molecule has 0 aliphatic carbocycles. The number of carbonyl (C=O) groups excluding carboxylic acids is 2. The Labute approximate surface area is 145 Å². The van der Waals surface area contributed by atoms with E-state index in [0.29, 0.717) is 11.3 Å². The number of benzene rings is 1. The van der Waals surface area contributed by atoms with Gasteiger partial charge in [0, 0.05) is 11.3 Å².